The second-order valence-electron chi connectivity index (χ2n) is 12.2. The van der Waals surface area contributed by atoms with Crippen molar-refractivity contribution in [1.29, 1.82) is 0 Å². The lowest BCUT2D eigenvalue weighted by Gasteiger charge is -2.31. The smallest absolute Gasteiger partial charge is 0.410 e. The predicted octanol–water partition coefficient (Wildman–Crippen LogP) is 3.82. The highest BCUT2D eigenvalue weighted by atomic mass is 32.2. The molecule has 0 saturated carbocycles. The van der Waals surface area contributed by atoms with Crippen molar-refractivity contribution >= 4 is 59.5 Å². The van der Waals surface area contributed by atoms with Crippen LogP contribution in [0.5, 0.6) is 0 Å². The zero-order valence-electron chi connectivity index (χ0n) is 30.3. The molecule has 2 fully saturated rings. The highest BCUT2D eigenvalue weighted by Gasteiger charge is 2.37. The number of hydrogen-bond donors (Lipinski definition) is 2. The number of ether oxygens (including phenoxy) is 2. The Morgan fingerprint density at radius 1 is 0.755 bits per heavy atom. The molecule has 53 heavy (non-hydrogen) atoms. The Morgan fingerprint density at radius 3 is 1.68 bits per heavy atom. The van der Waals surface area contributed by atoms with Crippen LogP contribution in [0.3, 0.4) is 0 Å². The Labute approximate surface area is 319 Å². The van der Waals surface area contributed by atoms with Crippen LogP contribution in [0.2, 0.25) is 0 Å². The quantitative estimate of drug-likeness (QED) is 0.251. The van der Waals surface area contributed by atoms with Crippen LogP contribution in [0.15, 0.2) is 60.7 Å². The van der Waals surface area contributed by atoms with Crippen LogP contribution in [-0.2, 0) is 41.5 Å². The fraction of sp³-hybridized carbons (Fsp3) is 0.514. The van der Waals surface area contributed by atoms with Gasteiger partial charge in [0.05, 0.1) is 13.7 Å². The summed E-state index contributed by atoms with van der Waals surface area (Å²) >= 11 is 3.07. The van der Waals surface area contributed by atoms with E-state index in [9.17, 15) is 33.9 Å². The normalized spacial score (nSPS) is 17.4. The lowest BCUT2D eigenvalue weighted by Crippen LogP contribution is -2.53. The van der Waals surface area contributed by atoms with Crippen LogP contribution in [-0.4, -0.2) is 154 Å². The molecule has 2 atom stereocenters. The second kappa shape index (κ2) is 23.3. The Balaban J connectivity index is 0.000000287. The van der Waals surface area contributed by atoms with Gasteiger partial charge in [0.25, 0.3) is 0 Å². The van der Waals surface area contributed by atoms with Crippen molar-refractivity contribution in [2.75, 3.05) is 76.0 Å². The Bertz CT molecular complexity index is 1490. The summed E-state index contributed by atoms with van der Waals surface area (Å²) in [5.74, 6) is -0.0615. The molecule has 16 heteroatoms. The maximum atomic E-state index is 13.0. The first-order valence-corrected chi connectivity index (χ1v) is 19.9. The molecular weight excluding hydrogens is 725 g/mol. The number of esters is 1. The van der Waals surface area contributed by atoms with E-state index in [-0.39, 0.29) is 25.6 Å². The molecule has 2 heterocycles. The van der Waals surface area contributed by atoms with E-state index in [0.717, 1.165) is 23.3 Å². The van der Waals surface area contributed by atoms with Crippen molar-refractivity contribution < 1.29 is 48.5 Å². The summed E-state index contributed by atoms with van der Waals surface area (Å²) in [6.45, 7) is 2.92. The molecule has 2 aliphatic rings. The number of aliphatic carboxylic acids is 1. The van der Waals surface area contributed by atoms with Gasteiger partial charge in [-0.05, 0) is 43.7 Å². The van der Waals surface area contributed by atoms with E-state index in [0.29, 0.717) is 55.5 Å². The van der Waals surface area contributed by atoms with Crippen LogP contribution in [0, 0.1) is 0 Å². The molecule has 0 spiro atoms. The molecule has 4 amide bonds. The molecule has 2 N–H and O–H groups in total. The van der Waals surface area contributed by atoms with Gasteiger partial charge in [-0.2, -0.15) is 23.5 Å². The standard InChI is InChI=1S/C20H28N2O5S.C17H22N2O5S/c1-3-27-20(25)22(11-7-10-16-8-5-4-6-9-16)17-15-28-13-12-21(19(17)24)14-18(23)26-2;20-15(21)11-18-9-10-25-12-14(16(18)22)19(17(23)24)8-4-7-13-5-2-1-3-6-13/h4-6,8-9,17H,3,7,10-15H2,1-2H3;1-3,5-6,14H,4,7-12H2,(H,20,21)(H,23,24). The Morgan fingerprint density at radius 2 is 1.23 bits per heavy atom. The molecule has 4 rings (SSSR count). The van der Waals surface area contributed by atoms with Crippen molar-refractivity contribution in [2.45, 2.75) is 44.7 Å². The van der Waals surface area contributed by atoms with Crippen molar-refractivity contribution in [2.24, 2.45) is 0 Å². The van der Waals surface area contributed by atoms with E-state index in [2.05, 4.69) is 0 Å². The zero-order chi connectivity index (χ0) is 38.6. The van der Waals surface area contributed by atoms with Gasteiger partial charge in [0, 0.05) is 49.2 Å². The van der Waals surface area contributed by atoms with Crippen molar-refractivity contribution in [3.8, 4) is 0 Å². The van der Waals surface area contributed by atoms with Gasteiger partial charge in [-0.1, -0.05) is 60.7 Å². The van der Waals surface area contributed by atoms with E-state index in [1.54, 1.807) is 18.7 Å². The van der Waals surface area contributed by atoms with Crippen molar-refractivity contribution in [1.82, 2.24) is 19.6 Å². The number of benzene rings is 2. The third kappa shape index (κ3) is 14.5. The number of carbonyl (C=O) groups excluding carboxylic acids is 4. The van der Waals surface area contributed by atoms with E-state index >= 15 is 0 Å². The first kappa shape index (κ1) is 43.0. The van der Waals surface area contributed by atoms with Gasteiger partial charge in [0.15, 0.2) is 0 Å². The van der Waals surface area contributed by atoms with Crippen LogP contribution in [0.25, 0.3) is 0 Å². The van der Waals surface area contributed by atoms with Gasteiger partial charge >= 0.3 is 24.1 Å². The van der Waals surface area contributed by atoms with Crippen LogP contribution < -0.4 is 0 Å². The average molecular weight is 775 g/mol. The Hall–Kier alpha value is -4.44. The maximum absolute atomic E-state index is 13.0. The molecular formula is C37H50N4O10S2. The summed E-state index contributed by atoms with van der Waals surface area (Å²) in [4.78, 5) is 77.8. The SMILES string of the molecule is CCOC(=O)N(CCCc1ccccc1)C1CSCCN(CC(=O)OC)C1=O.O=C(O)CN1CCSCC(N(CCCc2ccccc2)C(=O)O)C1=O. The zero-order valence-corrected chi connectivity index (χ0v) is 31.9. The summed E-state index contributed by atoms with van der Waals surface area (Å²) in [6, 6.07) is 18.3. The number of amides is 4. The minimum atomic E-state index is -1.15. The lowest BCUT2D eigenvalue weighted by atomic mass is 10.1. The van der Waals surface area contributed by atoms with Gasteiger partial charge in [0.1, 0.15) is 25.2 Å². The van der Waals surface area contributed by atoms with E-state index in [1.807, 2.05) is 60.7 Å². The van der Waals surface area contributed by atoms with Gasteiger partial charge < -0.3 is 29.5 Å². The van der Waals surface area contributed by atoms with Crippen LogP contribution >= 0.6 is 23.5 Å². The topological polar surface area (TPSA) is 174 Å². The number of carboxylic acids is 1. The van der Waals surface area contributed by atoms with Crippen molar-refractivity contribution in [3.05, 3.63) is 71.8 Å². The fourth-order valence-corrected chi connectivity index (χ4v) is 7.95. The molecule has 290 valence electrons. The monoisotopic (exact) mass is 774 g/mol. The summed E-state index contributed by atoms with van der Waals surface area (Å²) in [5, 5.41) is 18.5. The van der Waals surface area contributed by atoms with Crippen molar-refractivity contribution in [3.63, 3.8) is 0 Å². The van der Waals surface area contributed by atoms with E-state index in [1.165, 1.54) is 39.1 Å². The summed E-state index contributed by atoms with van der Waals surface area (Å²) in [6.07, 6.45) is 1.20. The van der Waals surface area contributed by atoms with Crippen LogP contribution in [0.4, 0.5) is 9.59 Å². The lowest BCUT2D eigenvalue weighted by molar-refractivity contribution is -0.148. The molecule has 0 radical (unpaired) electrons. The second-order valence-corrected chi connectivity index (χ2v) is 14.5. The van der Waals surface area contributed by atoms with E-state index < -0.39 is 48.7 Å². The predicted molar refractivity (Wildman–Crippen MR) is 203 cm³/mol. The molecule has 0 bridgehead atoms. The summed E-state index contributed by atoms with van der Waals surface area (Å²) in [7, 11) is 1.30. The minimum absolute atomic E-state index is 0.104. The highest BCUT2D eigenvalue weighted by Crippen LogP contribution is 2.20. The summed E-state index contributed by atoms with van der Waals surface area (Å²) < 4.78 is 9.89. The summed E-state index contributed by atoms with van der Waals surface area (Å²) in [5.41, 5.74) is 2.29. The number of thioether (sulfide) groups is 2. The number of rotatable bonds is 15. The molecule has 2 unspecified atom stereocenters. The number of nitrogens with zero attached hydrogens (tertiary/aromatic N) is 4. The first-order valence-electron chi connectivity index (χ1n) is 17.6. The number of carboxylic acid groups (broad SMARTS) is 2. The first-order chi connectivity index (χ1) is 25.5. The average Bonchev–Trinajstić information content (AvgIpc) is 3.43. The molecule has 2 aromatic carbocycles. The number of carbonyl (C=O) groups is 6. The molecule has 2 aliphatic heterocycles. The highest BCUT2D eigenvalue weighted by molar-refractivity contribution is 7.99. The third-order valence-corrected chi connectivity index (χ3v) is 10.6. The molecule has 0 aromatic heterocycles. The molecule has 2 saturated heterocycles. The van der Waals surface area contributed by atoms with Crippen LogP contribution in [0.1, 0.15) is 30.9 Å². The van der Waals surface area contributed by atoms with Gasteiger partial charge in [0.2, 0.25) is 11.8 Å². The van der Waals surface area contributed by atoms with Gasteiger partial charge in [-0.25, -0.2) is 9.59 Å². The largest absolute Gasteiger partial charge is 0.480 e. The number of hydrogen-bond acceptors (Lipinski definition) is 10. The fourth-order valence-electron chi connectivity index (χ4n) is 5.83. The number of methoxy groups -OCH3 is 1. The molecule has 0 aliphatic carbocycles. The molecule has 2 aromatic rings. The van der Waals surface area contributed by atoms with Gasteiger partial charge in [-0.15, -0.1) is 0 Å². The van der Waals surface area contributed by atoms with E-state index in [4.69, 9.17) is 14.6 Å². The minimum Gasteiger partial charge on any atom is -0.480 e. The third-order valence-electron chi connectivity index (χ3n) is 8.54. The Kier molecular flexibility index (Phi) is 18.9. The molecule has 14 nitrogen and oxygen atoms in total. The van der Waals surface area contributed by atoms with Gasteiger partial charge in [-0.3, -0.25) is 29.0 Å². The maximum Gasteiger partial charge on any atom is 0.410 e. The number of aryl methyl sites for hydroxylation is 2.